The van der Waals surface area contributed by atoms with Crippen LogP contribution in [0.3, 0.4) is 0 Å². The van der Waals surface area contributed by atoms with Gasteiger partial charge in [0.05, 0.1) is 6.04 Å². The average Bonchev–Trinajstić information content (AvgIpc) is 2.60. The molecule has 0 spiro atoms. The summed E-state index contributed by atoms with van der Waals surface area (Å²) in [4.78, 5) is 13.8. The largest absolute Gasteiger partial charge is 0.355 e. The monoisotopic (exact) mass is 199 g/mol. The molecule has 82 valence electrons. The van der Waals surface area contributed by atoms with Crippen molar-refractivity contribution in [1.82, 2.24) is 10.2 Å². The highest BCUT2D eigenvalue weighted by Gasteiger charge is 2.27. The summed E-state index contributed by atoms with van der Waals surface area (Å²) in [5.74, 6) is 0.126. The Morgan fingerprint density at radius 2 is 2.43 bits per heavy atom. The van der Waals surface area contributed by atoms with Gasteiger partial charge in [-0.1, -0.05) is 6.92 Å². The number of nitrogens with one attached hydrogen (secondary N) is 1. The van der Waals surface area contributed by atoms with Gasteiger partial charge < -0.3 is 11.1 Å². The second-order valence-corrected chi connectivity index (χ2v) is 4.01. The zero-order valence-corrected chi connectivity index (χ0v) is 9.12. The van der Waals surface area contributed by atoms with Crippen molar-refractivity contribution in [3.8, 4) is 0 Å². The highest BCUT2D eigenvalue weighted by molar-refractivity contribution is 5.81. The molecule has 0 radical (unpaired) electrons. The predicted molar refractivity (Wildman–Crippen MR) is 56.9 cm³/mol. The van der Waals surface area contributed by atoms with E-state index in [0.29, 0.717) is 0 Å². The fourth-order valence-corrected chi connectivity index (χ4v) is 1.73. The van der Waals surface area contributed by atoms with E-state index >= 15 is 0 Å². The van der Waals surface area contributed by atoms with Crippen LogP contribution in [0.25, 0.3) is 0 Å². The van der Waals surface area contributed by atoms with Crippen LogP contribution in [0.2, 0.25) is 0 Å². The molecule has 4 nitrogen and oxygen atoms in total. The molecule has 0 aliphatic carbocycles. The number of hydrogen-bond acceptors (Lipinski definition) is 3. The molecule has 0 aromatic heterocycles. The van der Waals surface area contributed by atoms with Crippen molar-refractivity contribution in [2.45, 2.75) is 38.8 Å². The molecule has 0 bridgehead atoms. The van der Waals surface area contributed by atoms with E-state index in [0.717, 1.165) is 32.5 Å². The van der Waals surface area contributed by atoms with Gasteiger partial charge in [0.1, 0.15) is 0 Å². The summed E-state index contributed by atoms with van der Waals surface area (Å²) >= 11 is 0. The lowest BCUT2D eigenvalue weighted by Gasteiger charge is -2.22. The second-order valence-electron chi connectivity index (χ2n) is 4.01. The minimum atomic E-state index is -0.0323. The van der Waals surface area contributed by atoms with Crippen LogP contribution in [-0.2, 0) is 4.79 Å². The van der Waals surface area contributed by atoms with Crippen LogP contribution in [0.4, 0.5) is 0 Å². The van der Waals surface area contributed by atoms with Gasteiger partial charge in [0.15, 0.2) is 0 Å². The Bertz CT molecular complexity index is 196. The predicted octanol–water partition coefficient (Wildman–Crippen LogP) is -0.0659. The average molecular weight is 199 g/mol. The van der Waals surface area contributed by atoms with E-state index in [9.17, 15) is 4.79 Å². The maximum Gasteiger partial charge on any atom is 0.237 e. The summed E-state index contributed by atoms with van der Waals surface area (Å²) in [7, 11) is 0. The number of amides is 1. The molecule has 1 saturated heterocycles. The van der Waals surface area contributed by atoms with E-state index in [-0.39, 0.29) is 18.0 Å². The van der Waals surface area contributed by atoms with Crippen LogP contribution in [0.1, 0.15) is 26.7 Å². The summed E-state index contributed by atoms with van der Waals surface area (Å²) in [6.45, 7) is 6.56. The Kier molecular flexibility index (Phi) is 4.35. The molecular formula is C10H21N3O. The Hall–Kier alpha value is -0.610. The normalized spacial score (nSPS) is 24.9. The fraction of sp³-hybridized carbons (Fsp3) is 0.900. The Morgan fingerprint density at radius 1 is 1.71 bits per heavy atom. The first kappa shape index (κ1) is 11.5. The van der Waals surface area contributed by atoms with Crippen LogP contribution >= 0.6 is 0 Å². The molecule has 0 aromatic carbocycles. The van der Waals surface area contributed by atoms with E-state index in [1.807, 2.05) is 6.92 Å². The highest BCUT2D eigenvalue weighted by atomic mass is 16.2. The summed E-state index contributed by atoms with van der Waals surface area (Å²) in [6.07, 6.45) is 1.99. The van der Waals surface area contributed by atoms with Gasteiger partial charge in [-0.15, -0.1) is 0 Å². The van der Waals surface area contributed by atoms with Gasteiger partial charge >= 0.3 is 0 Å². The van der Waals surface area contributed by atoms with Crippen LogP contribution in [0, 0.1) is 0 Å². The Morgan fingerprint density at radius 3 is 2.93 bits per heavy atom. The summed E-state index contributed by atoms with van der Waals surface area (Å²) in [6, 6.07) is 0.214. The van der Waals surface area contributed by atoms with Gasteiger partial charge in [0.25, 0.3) is 0 Å². The minimum Gasteiger partial charge on any atom is -0.355 e. The van der Waals surface area contributed by atoms with Crippen molar-refractivity contribution >= 4 is 5.91 Å². The molecule has 1 heterocycles. The van der Waals surface area contributed by atoms with Crippen LogP contribution in [0.15, 0.2) is 0 Å². The second kappa shape index (κ2) is 5.32. The number of likely N-dealkylation sites (tertiary alicyclic amines) is 1. The molecule has 2 atom stereocenters. The quantitative estimate of drug-likeness (QED) is 0.666. The van der Waals surface area contributed by atoms with Crippen molar-refractivity contribution in [3.05, 3.63) is 0 Å². The molecule has 3 N–H and O–H groups in total. The third kappa shape index (κ3) is 2.96. The van der Waals surface area contributed by atoms with Gasteiger partial charge in [-0.3, -0.25) is 9.69 Å². The zero-order chi connectivity index (χ0) is 10.6. The van der Waals surface area contributed by atoms with Gasteiger partial charge in [-0.2, -0.15) is 0 Å². The molecule has 0 saturated carbocycles. The smallest absolute Gasteiger partial charge is 0.237 e. The maximum atomic E-state index is 11.6. The lowest BCUT2D eigenvalue weighted by atomic mass is 10.2. The van der Waals surface area contributed by atoms with Crippen LogP contribution in [-0.4, -0.2) is 42.5 Å². The molecule has 1 amide bonds. The summed E-state index contributed by atoms with van der Waals surface area (Å²) < 4.78 is 0. The van der Waals surface area contributed by atoms with E-state index < -0.39 is 0 Å². The van der Waals surface area contributed by atoms with E-state index in [2.05, 4.69) is 17.1 Å². The van der Waals surface area contributed by atoms with Gasteiger partial charge in [-0.25, -0.2) is 0 Å². The minimum absolute atomic E-state index is 0.0323. The van der Waals surface area contributed by atoms with E-state index in [1.165, 1.54) is 0 Å². The first-order chi connectivity index (χ1) is 6.65. The van der Waals surface area contributed by atoms with Gasteiger partial charge in [0.2, 0.25) is 5.91 Å². The van der Waals surface area contributed by atoms with Crippen molar-refractivity contribution in [2.75, 3.05) is 19.6 Å². The molecule has 4 heteroatoms. The molecule has 1 aliphatic heterocycles. The number of rotatable bonds is 4. The lowest BCUT2D eigenvalue weighted by molar-refractivity contribution is -0.125. The van der Waals surface area contributed by atoms with Crippen molar-refractivity contribution < 1.29 is 4.79 Å². The van der Waals surface area contributed by atoms with Gasteiger partial charge in [-0.05, 0) is 19.8 Å². The third-order valence-corrected chi connectivity index (χ3v) is 2.73. The van der Waals surface area contributed by atoms with Crippen molar-refractivity contribution in [3.63, 3.8) is 0 Å². The number of nitrogens with zero attached hydrogens (tertiary/aromatic N) is 1. The lowest BCUT2D eigenvalue weighted by Crippen LogP contribution is -2.45. The van der Waals surface area contributed by atoms with Gasteiger partial charge in [0, 0.05) is 25.7 Å². The molecule has 0 aromatic rings. The fourth-order valence-electron chi connectivity index (χ4n) is 1.73. The first-order valence-electron chi connectivity index (χ1n) is 5.42. The molecule has 1 fully saturated rings. The number of nitrogens with two attached hydrogens (primary N) is 1. The Balaban J connectivity index is 2.32. The topological polar surface area (TPSA) is 58.4 Å². The molecular weight excluding hydrogens is 178 g/mol. The number of carbonyl (C=O) groups excluding carboxylic acids is 1. The summed E-state index contributed by atoms with van der Waals surface area (Å²) in [5.41, 5.74) is 5.79. The number of carbonyl (C=O) groups is 1. The first-order valence-corrected chi connectivity index (χ1v) is 5.42. The maximum absolute atomic E-state index is 11.6. The van der Waals surface area contributed by atoms with Crippen molar-refractivity contribution in [1.29, 1.82) is 0 Å². The zero-order valence-electron chi connectivity index (χ0n) is 9.12. The van der Waals surface area contributed by atoms with E-state index in [4.69, 9.17) is 5.73 Å². The van der Waals surface area contributed by atoms with Crippen LogP contribution < -0.4 is 11.1 Å². The van der Waals surface area contributed by atoms with E-state index in [1.54, 1.807) is 0 Å². The molecule has 1 rings (SSSR count). The highest BCUT2D eigenvalue weighted by Crippen LogP contribution is 2.10. The standard InChI is InChI=1S/C10H21N3O/c1-3-5-12-10(14)8(2)13-6-4-9(11)7-13/h8-9H,3-7,11H2,1-2H3,(H,12,14). The SMILES string of the molecule is CCCNC(=O)C(C)N1CCC(N)C1. The van der Waals surface area contributed by atoms with Crippen molar-refractivity contribution in [2.24, 2.45) is 5.73 Å². The molecule has 14 heavy (non-hydrogen) atoms. The van der Waals surface area contributed by atoms with Crippen LogP contribution in [0.5, 0.6) is 0 Å². The molecule has 2 unspecified atom stereocenters. The number of hydrogen-bond donors (Lipinski definition) is 2. The summed E-state index contributed by atoms with van der Waals surface area (Å²) in [5, 5.41) is 2.90. The molecule has 1 aliphatic rings. The third-order valence-electron chi connectivity index (χ3n) is 2.73. The Labute approximate surface area is 85.8 Å².